The largest absolute Gasteiger partial charge is 0.415 e. The van der Waals surface area contributed by atoms with Crippen LogP contribution < -0.4 is 4.74 Å². The van der Waals surface area contributed by atoms with Crippen LogP contribution in [-0.4, -0.2) is 11.0 Å². The number of nitrogens with zero attached hydrogens (tertiary/aromatic N) is 1. The third-order valence-corrected chi connectivity index (χ3v) is 3.17. The van der Waals surface area contributed by atoms with E-state index in [0.29, 0.717) is 10.9 Å². The molecule has 0 aliphatic heterocycles. The first-order chi connectivity index (χ1) is 11.4. The number of hydrogen-bond donors (Lipinski definition) is 0. The van der Waals surface area contributed by atoms with Gasteiger partial charge in [-0.3, -0.25) is 0 Å². The second-order valence-corrected chi connectivity index (χ2v) is 4.68. The van der Waals surface area contributed by atoms with E-state index in [0.717, 1.165) is 0 Å². The number of esters is 1. The molecule has 3 aromatic rings. The normalized spacial score (nSPS) is 10.9. The van der Waals surface area contributed by atoms with Gasteiger partial charge in [-0.2, -0.15) is 8.78 Å². The molecule has 0 amide bonds. The van der Waals surface area contributed by atoms with E-state index in [1.54, 1.807) is 24.3 Å². The van der Waals surface area contributed by atoms with Gasteiger partial charge in [-0.05, 0) is 12.1 Å². The lowest BCUT2D eigenvalue weighted by Crippen LogP contribution is -2.15. The van der Waals surface area contributed by atoms with E-state index < -0.39 is 40.8 Å². The van der Waals surface area contributed by atoms with E-state index in [1.807, 2.05) is 0 Å². The summed E-state index contributed by atoms with van der Waals surface area (Å²) in [4.78, 5) is 15.8. The highest BCUT2D eigenvalue weighted by Gasteiger charge is 2.29. The summed E-state index contributed by atoms with van der Waals surface area (Å²) in [7, 11) is 0. The second-order valence-electron chi connectivity index (χ2n) is 4.68. The van der Waals surface area contributed by atoms with Gasteiger partial charge < -0.3 is 4.74 Å². The molecular formula is C16H6F5NO2. The van der Waals surface area contributed by atoms with Gasteiger partial charge >= 0.3 is 5.97 Å². The Balaban J connectivity index is 2.00. The fourth-order valence-corrected chi connectivity index (χ4v) is 2.00. The maximum Gasteiger partial charge on any atom is 0.362 e. The fraction of sp³-hybridized carbons (Fsp3) is 0. The van der Waals surface area contributed by atoms with Gasteiger partial charge in [-0.15, -0.1) is 0 Å². The predicted octanol–water partition coefficient (Wildman–Crippen LogP) is 4.15. The monoisotopic (exact) mass is 339 g/mol. The van der Waals surface area contributed by atoms with Crippen molar-refractivity contribution in [3.8, 4) is 5.75 Å². The molecule has 122 valence electrons. The van der Waals surface area contributed by atoms with Crippen LogP contribution in [0.15, 0.2) is 36.4 Å². The zero-order valence-electron chi connectivity index (χ0n) is 11.6. The summed E-state index contributed by atoms with van der Waals surface area (Å²) in [6, 6.07) is 9.37. The molecule has 0 N–H and O–H groups in total. The molecule has 0 bridgehead atoms. The molecule has 0 fully saturated rings. The number of carbonyl (C=O) groups excluding carboxylic acids is 1. The number of para-hydroxylation sites is 1. The maximum absolute atomic E-state index is 13.5. The third-order valence-electron chi connectivity index (χ3n) is 3.17. The van der Waals surface area contributed by atoms with Crippen LogP contribution in [0.25, 0.3) is 10.9 Å². The first-order valence-electron chi connectivity index (χ1n) is 6.49. The summed E-state index contributed by atoms with van der Waals surface area (Å²) in [6.45, 7) is 0. The summed E-state index contributed by atoms with van der Waals surface area (Å²) in [5.41, 5.74) is 0.0435. The summed E-state index contributed by atoms with van der Waals surface area (Å²) < 4.78 is 70.5. The Morgan fingerprint density at radius 2 is 1.38 bits per heavy atom. The molecule has 8 heteroatoms. The first kappa shape index (κ1) is 15.9. The van der Waals surface area contributed by atoms with Crippen molar-refractivity contribution in [3.63, 3.8) is 0 Å². The van der Waals surface area contributed by atoms with Gasteiger partial charge in [-0.1, -0.05) is 24.3 Å². The minimum Gasteiger partial charge on any atom is -0.415 e. The lowest BCUT2D eigenvalue weighted by molar-refractivity contribution is 0.0710. The molecule has 24 heavy (non-hydrogen) atoms. The first-order valence-corrected chi connectivity index (χ1v) is 6.49. The van der Waals surface area contributed by atoms with E-state index in [2.05, 4.69) is 9.72 Å². The van der Waals surface area contributed by atoms with E-state index in [4.69, 9.17) is 0 Å². The highest BCUT2D eigenvalue weighted by atomic mass is 19.2. The van der Waals surface area contributed by atoms with E-state index in [-0.39, 0.29) is 5.69 Å². The van der Waals surface area contributed by atoms with Crippen LogP contribution >= 0.6 is 0 Å². The van der Waals surface area contributed by atoms with Crippen LogP contribution in [0.5, 0.6) is 5.75 Å². The summed E-state index contributed by atoms with van der Waals surface area (Å²) >= 11 is 0. The smallest absolute Gasteiger partial charge is 0.362 e. The molecule has 0 radical (unpaired) electrons. The quantitative estimate of drug-likeness (QED) is 0.231. The SMILES string of the molecule is O=C(Oc1c(F)c(F)c(F)c(F)c1F)c1ccc2ccccc2n1. The minimum absolute atomic E-state index is 0.349. The molecule has 0 atom stereocenters. The molecule has 1 aromatic heterocycles. The number of pyridine rings is 1. The summed E-state index contributed by atoms with van der Waals surface area (Å²) in [5.74, 6) is -14.3. The summed E-state index contributed by atoms with van der Waals surface area (Å²) in [5, 5.41) is 0.685. The molecule has 0 saturated carbocycles. The predicted molar refractivity (Wildman–Crippen MR) is 72.9 cm³/mol. The second kappa shape index (κ2) is 5.88. The molecular weight excluding hydrogens is 333 g/mol. The number of benzene rings is 2. The van der Waals surface area contributed by atoms with Gasteiger partial charge in [0.05, 0.1) is 5.52 Å². The molecule has 2 aromatic carbocycles. The third kappa shape index (κ3) is 2.55. The van der Waals surface area contributed by atoms with Gasteiger partial charge in [0, 0.05) is 5.39 Å². The number of halogens is 5. The molecule has 3 rings (SSSR count). The van der Waals surface area contributed by atoms with Crippen LogP contribution in [0.4, 0.5) is 22.0 Å². The Labute approximate surface area is 131 Å². The highest BCUT2D eigenvalue weighted by Crippen LogP contribution is 2.29. The molecule has 0 aliphatic rings. The zero-order chi connectivity index (χ0) is 17.4. The van der Waals surface area contributed by atoms with Crippen molar-refractivity contribution in [2.24, 2.45) is 0 Å². The number of fused-ring (bicyclic) bond motifs is 1. The zero-order valence-corrected chi connectivity index (χ0v) is 11.6. The molecule has 0 unspecified atom stereocenters. The Kier molecular flexibility index (Phi) is 3.88. The lowest BCUT2D eigenvalue weighted by Gasteiger charge is -2.08. The van der Waals surface area contributed by atoms with Crippen LogP contribution in [0.2, 0.25) is 0 Å². The average Bonchev–Trinajstić information content (AvgIpc) is 2.61. The van der Waals surface area contributed by atoms with E-state index in [1.165, 1.54) is 12.1 Å². The topological polar surface area (TPSA) is 39.2 Å². The highest BCUT2D eigenvalue weighted by molar-refractivity contribution is 5.92. The number of ether oxygens (including phenoxy) is 1. The Bertz CT molecular complexity index is 945. The fourth-order valence-electron chi connectivity index (χ4n) is 2.00. The molecule has 0 saturated heterocycles. The van der Waals surface area contributed by atoms with Crippen molar-refractivity contribution >= 4 is 16.9 Å². The Morgan fingerprint density at radius 3 is 2.04 bits per heavy atom. The van der Waals surface area contributed by atoms with Crippen molar-refractivity contribution in [1.82, 2.24) is 4.98 Å². The van der Waals surface area contributed by atoms with E-state index in [9.17, 15) is 26.7 Å². The van der Waals surface area contributed by atoms with Gasteiger partial charge in [0.15, 0.2) is 0 Å². The van der Waals surface area contributed by atoms with Crippen molar-refractivity contribution in [2.75, 3.05) is 0 Å². The standard InChI is InChI=1S/C16H6F5NO2/c17-10-11(18)13(20)15(14(21)12(10)19)24-16(23)9-6-5-7-3-1-2-4-8(7)22-9/h1-6H. The maximum atomic E-state index is 13.5. The Hall–Kier alpha value is -3.03. The Morgan fingerprint density at radius 1 is 0.792 bits per heavy atom. The van der Waals surface area contributed by atoms with Crippen LogP contribution in [0.3, 0.4) is 0 Å². The lowest BCUT2D eigenvalue weighted by atomic mass is 10.2. The molecule has 1 heterocycles. The molecule has 0 spiro atoms. The van der Waals surface area contributed by atoms with Crippen LogP contribution in [0, 0.1) is 29.1 Å². The van der Waals surface area contributed by atoms with Crippen molar-refractivity contribution < 1.29 is 31.5 Å². The molecule has 3 nitrogen and oxygen atoms in total. The van der Waals surface area contributed by atoms with Crippen molar-refractivity contribution in [2.45, 2.75) is 0 Å². The minimum atomic E-state index is -2.34. The van der Waals surface area contributed by atoms with Crippen LogP contribution in [0.1, 0.15) is 10.5 Å². The number of carbonyl (C=O) groups is 1. The molecule has 0 aliphatic carbocycles. The summed E-state index contributed by atoms with van der Waals surface area (Å²) in [6.07, 6.45) is 0. The van der Waals surface area contributed by atoms with Crippen molar-refractivity contribution in [3.05, 3.63) is 71.2 Å². The van der Waals surface area contributed by atoms with Gasteiger partial charge in [-0.25, -0.2) is 22.9 Å². The number of rotatable bonds is 2. The van der Waals surface area contributed by atoms with Gasteiger partial charge in [0.25, 0.3) is 0 Å². The van der Waals surface area contributed by atoms with Crippen LogP contribution in [-0.2, 0) is 0 Å². The van der Waals surface area contributed by atoms with Crippen molar-refractivity contribution in [1.29, 1.82) is 0 Å². The number of aromatic nitrogens is 1. The van der Waals surface area contributed by atoms with Gasteiger partial charge in [0.1, 0.15) is 5.69 Å². The average molecular weight is 339 g/mol. The van der Waals surface area contributed by atoms with E-state index >= 15 is 0 Å². The van der Waals surface area contributed by atoms with Gasteiger partial charge in [0.2, 0.25) is 34.8 Å². The number of hydrogen-bond acceptors (Lipinski definition) is 3.